The highest BCUT2D eigenvalue weighted by atomic mass is 32.1. The van der Waals surface area contributed by atoms with Crippen LogP contribution < -0.4 is 24.0 Å². The summed E-state index contributed by atoms with van der Waals surface area (Å²) in [6, 6.07) is 19.7. The molecule has 2 aliphatic rings. The van der Waals surface area contributed by atoms with Gasteiger partial charge in [-0.2, -0.15) is 5.10 Å². The fraction of sp³-hybridized carbons (Fsp3) is 0.417. The van der Waals surface area contributed by atoms with Crippen molar-refractivity contribution in [2.75, 3.05) is 18.2 Å². The van der Waals surface area contributed by atoms with Crippen LogP contribution in [0.3, 0.4) is 0 Å². The number of fused-ring (bicyclic) bond motifs is 1. The van der Waals surface area contributed by atoms with Crippen molar-refractivity contribution in [2.45, 2.75) is 90.9 Å². The molecule has 2 fully saturated rings. The number of allylic oxidation sites excluding steroid dienone is 1. The van der Waals surface area contributed by atoms with E-state index in [0.717, 1.165) is 67.7 Å². The Kier molecular flexibility index (Phi) is 16.2. The summed E-state index contributed by atoms with van der Waals surface area (Å²) in [5, 5.41) is 6.97. The maximum absolute atomic E-state index is 13.5. The molecule has 322 valence electrons. The minimum absolute atomic E-state index is 0.178. The third-order valence-electron chi connectivity index (χ3n) is 11.1. The number of aromatic nitrogens is 1. The van der Waals surface area contributed by atoms with Gasteiger partial charge in [0, 0.05) is 17.3 Å². The van der Waals surface area contributed by atoms with E-state index < -0.39 is 17.9 Å². The summed E-state index contributed by atoms with van der Waals surface area (Å²) in [7, 11) is 0. The van der Waals surface area contributed by atoms with Crippen LogP contribution in [0.1, 0.15) is 96.5 Å². The maximum Gasteiger partial charge on any atom is 0.330 e. The molecule has 4 aromatic rings. The van der Waals surface area contributed by atoms with E-state index in [0.29, 0.717) is 78.5 Å². The lowest BCUT2D eigenvalue weighted by molar-refractivity contribution is -0.145. The summed E-state index contributed by atoms with van der Waals surface area (Å²) in [4.78, 5) is 55.7. The van der Waals surface area contributed by atoms with Crippen LogP contribution in [0.15, 0.2) is 96.8 Å². The van der Waals surface area contributed by atoms with Crippen LogP contribution in [0.25, 0.3) is 10.2 Å². The number of nitrogens with zero attached hydrogens (tertiary/aromatic N) is 3. The van der Waals surface area contributed by atoms with Crippen LogP contribution in [-0.2, 0) is 23.9 Å². The second-order valence-corrected chi connectivity index (χ2v) is 16.8. The lowest BCUT2D eigenvalue weighted by atomic mass is 9.82. The first-order valence-electron chi connectivity index (χ1n) is 21.2. The van der Waals surface area contributed by atoms with Crippen molar-refractivity contribution in [1.82, 2.24) is 4.98 Å². The molecule has 0 unspecified atom stereocenters. The number of benzene rings is 3. The fourth-order valence-electron chi connectivity index (χ4n) is 7.40. The smallest absolute Gasteiger partial charge is 0.330 e. The van der Waals surface area contributed by atoms with Gasteiger partial charge in [0.05, 0.1) is 47.4 Å². The Morgan fingerprint density at radius 1 is 0.754 bits per heavy atom. The standard InChI is InChI=1S/C48H55N3O9S/c1-5-44(52)57-29-11-7-6-10-28-56-38-22-24-39(25-23-38)58-45(53)35-18-20-36(21-19-35)46(54)59-40-26-27-42(60-47(55)34-16-14-33(4)15-17-34)37(30-40)31-49-51(32(2)3)48-50-41-12-8-9-13-43(41)61-48/h5,8-9,12-13,22-27,30-31,33-36H,1-2,6-7,10-11,14-21,28-29H2,3-4H3/b49-31+. The van der Waals surface area contributed by atoms with Crippen LogP contribution in [0.4, 0.5) is 5.13 Å². The first-order chi connectivity index (χ1) is 29.6. The van der Waals surface area contributed by atoms with Gasteiger partial charge in [0.1, 0.15) is 23.0 Å². The van der Waals surface area contributed by atoms with Gasteiger partial charge in [-0.1, -0.05) is 43.6 Å². The second-order valence-electron chi connectivity index (χ2n) is 15.8. The Bertz CT molecular complexity index is 2150. The van der Waals surface area contributed by atoms with Crippen LogP contribution in [0, 0.1) is 23.7 Å². The van der Waals surface area contributed by atoms with Gasteiger partial charge in [-0.05, 0) is 144 Å². The molecule has 0 radical (unpaired) electrons. The highest BCUT2D eigenvalue weighted by Crippen LogP contribution is 2.35. The van der Waals surface area contributed by atoms with Crippen molar-refractivity contribution in [2.24, 2.45) is 28.8 Å². The number of anilines is 1. The van der Waals surface area contributed by atoms with Gasteiger partial charge in [-0.3, -0.25) is 14.4 Å². The number of carbonyl (C=O) groups excluding carboxylic acids is 4. The van der Waals surface area contributed by atoms with Crippen molar-refractivity contribution >= 4 is 56.8 Å². The van der Waals surface area contributed by atoms with Gasteiger partial charge in [0.15, 0.2) is 0 Å². The summed E-state index contributed by atoms with van der Waals surface area (Å²) in [6.07, 6.45) is 11.7. The average Bonchev–Trinajstić information content (AvgIpc) is 3.70. The van der Waals surface area contributed by atoms with Crippen molar-refractivity contribution in [3.8, 4) is 23.0 Å². The minimum atomic E-state index is -0.403. The van der Waals surface area contributed by atoms with Gasteiger partial charge >= 0.3 is 23.9 Å². The van der Waals surface area contributed by atoms with Crippen molar-refractivity contribution < 1.29 is 42.9 Å². The van der Waals surface area contributed by atoms with Crippen LogP contribution in [0.5, 0.6) is 23.0 Å². The Morgan fingerprint density at radius 2 is 1.33 bits per heavy atom. The number of rotatable bonds is 19. The van der Waals surface area contributed by atoms with E-state index in [2.05, 4.69) is 20.1 Å². The number of thiazole rings is 1. The molecule has 2 aliphatic carbocycles. The number of esters is 4. The Morgan fingerprint density at radius 3 is 1.97 bits per heavy atom. The molecule has 0 atom stereocenters. The first-order valence-corrected chi connectivity index (χ1v) is 22.0. The highest BCUT2D eigenvalue weighted by molar-refractivity contribution is 7.22. The molecule has 61 heavy (non-hydrogen) atoms. The predicted molar refractivity (Wildman–Crippen MR) is 236 cm³/mol. The largest absolute Gasteiger partial charge is 0.494 e. The summed E-state index contributed by atoms with van der Waals surface area (Å²) in [6.45, 7) is 12.5. The Labute approximate surface area is 361 Å². The molecule has 0 spiro atoms. The summed E-state index contributed by atoms with van der Waals surface area (Å²) in [5.41, 5.74) is 1.94. The maximum atomic E-state index is 13.5. The van der Waals surface area contributed by atoms with Crippen molar-refractivity contribution in [3.05, 3.63) is 97.2 Å². The van der Waals surface area contributed by atoms with Crippen LogP contribution in [0.2, 0.25) is 0 Å². The molecular formula is C48H55N3O9S. The lowest BCUT2D eigenvalue weighted by Gasteiger charge is -2.26. The molecule has 2 saturated carbocycles. The third-order valence-corrected chi connectivity index (χ3v) is 12.1. The second kappa shape index (κ2) is 22.1. The number of hydrogen-bond acceptors (Lipinski definition) is 13. The zero-order chi connectivity index (χ0) is 43.1. The number of unbranched alkanes of at least 4 members (excludes halogenated alkanes) is 3. The molecule has 0 saturated heterocycles. The zero-order valence-electron chi connectivity index (χ0n) is 35.1. The molecule has 0 aliphatic heterocycles. The summed E-state index contributed by atoms with van der Waals surface area (Å²) < 4.78 is 29.4. The predicted octanol–water partition coefficient (Wildman–Crippen LogP) is 10.4. The Hall–Kier alpha value is -5.82. The Balaban J connectivity index is 1.01. The zero-order valence-corrected chi connectivity index (χ0v) is 35.9. The molecule has 1 heterocycles. The van der Waals surface area contributed by atoms with E-state index in [-0.39, 0.29) is 29.5 Å². The van der Waals surface area contributed by atoms with Gasteiger partial charge in [0.25, 0.3) is 0 Å². The molecule has 13 heteroatoms. The number of hydrazone groups is 1. The van der Waals surface area contributed by atoms with Crippen molar-refractivity contribution in [3.63, 3.8) is 0 Å². The molecule has 0 bridgehead atoms. The third kappa shape index (κ3) is 13.1. The molecule has 0 N–H and O–H groups in total. The molecule has 12 nitrogen and oxygen atoms in total. The highest BCUT2D eigenvalue weighted by Gasteiger charge is 2.33. The van der Waals surface area contributed by atoms with Gasteiger partial charge in [-0.15, -0.1) is 0 Å². The lowest BCUT2D eigenvalue weighted by Crippen LogP contribution is -2.30. The van der Waals surface area contributed by atoms with Gasteiger partial charge < -0.3 is 23.7 Å². The van der Waals surface area contributed by atoms with E-state index in [1.165, 1.54) is 11.3 Å². The van der Waals surface area contributed by atoms with Gasteiger partial charge in [-0.25, -0.2) is 14.8 Å². The van der Waals surface area contributed by atoms with E-state index in [4.69, 9.17) is 33.8 Å². The molecule has 6 rings (SSSR count). The summed E-state index contributed by atoms with van der Waals surface area (Å²) >= 11 is 1.48. The van der Waals surface area contributed by atoms with E-state index in [1.807, 2.05) is 31.2 Å². The normalized spacial score (nSPS) is 18.9. The van der Waals surface area contributed by atoms with Gasteiger partial charge in [0.2, 0.25) is 5.13 Å². The topological polar surface area (TPSA) is 143 Å². The SMILES string of the molecule is C=CC(=O)OCCCCCCOc1ccc(OC(=O)C2CCC(C(=O)Oc3ccc(OC(=O)C4CCC(C)CC4)c(/C=N/N(C(=C)C)c4nc5ccccc5s4)c3)CC2)cc1. The van der Waals surface area contributed by atoms with E-state index in [9.17, 15) is 19.2 Å². The monoisotopic (exact) mass is 849 g/mol. The number of ether oxygens (including phenoxy) is 5. The van der Waals surface area contributed by atoms with E-state index in [1.54, 1.807) is 53.7 Å². The summed E-state index contributed by atoms with van der Waals surface area (Å²) in [5.74, 6) is -0.00276. The molecule has 0 amide bonds. The minimum Gasteiger partial charge on any atom is -0.494 e. The first kappa shape index (κ1) is 44.7. The molecule has 3 aromatic carbocycles. The quantitative estimate of drug-likeness (QED) is 0.0222. The number of para-hydroxylation sites is 1. The van der Waals surface area contributed by atoms with Crippen molar-refractivity contribution in [1.29, 1.82) is 0 Å². The number of hydrogen-bond donors (Lipinski definition) is 0. The number of carbonyl (C=O) groups is 4. The van der Waals surface area contributed by atoms with E-state index >= 15 is 0 Å². The molecular weight excluding hydrogens is 795 g/mol. The molecule has 1 aromatic heterocycles. The van der Waals surface area contributed by atoms with Crippen LogP contribution in [-0.4, -0.2) is 48.3 Å². The average molecular weight is 850 g/mol. The fourth-order valence-corrected chi connectivity index (χ4v) is 8.40. The van der Waals surface area contributed by atoms with Crippen LogP contribution >= 0.6 is 11.3 Å².